The summed E-state index contributed by atoms with van der Waals surface area (Å²) in [6.45, 7) is 4.50. The van der Waals surface area contributed by atoms with Gasteiger partial charge in [0.2, 0.25) is 0 Å². The van der Waals surface area contributed by atoms with Gasteiger partial charge in [-0.2, -0.15) is 0 Å². The highest BCUT2D eigenvalue weighted by Gasteiger charge is 1.97. The summed E-state index contributed by atoms with van der Waals surface area (Å²) >= 11 is 0. The number of unbranched alkanes of at least 4 members (excludes halogenated alkanes) is 4. The monoisotopic (exact) mass is 216 g/mol. The van der Waals surface area contributed by atoms with E-state index in [2.05, 4.69) is 50.3 Å². The van der Waals surface area contributed by atoms with Crippen molar-refractivity contribution < 1.29 is 0 Å². The van der Waals surface area contributed by atoms with E-state index in [4.69, 9.17) is 0 Å². The number of rotatable bonds is 7. The molecule has 88 valence electrons. The van der Waals surface area contributed by atoms with Crippen molar-refractivity contribution in [2.75, 3.05) is 0 Å². The summed E-state index contributed by atoms with van der Waals surface area (Å²) in [4.78, 5) is 0. The summed E-state index contributed by atoms with van der Waals surface area (Å²) in [5, 5.41) is 0. The van der Waals surface area contributed by atoms with E-state index in [-0.39, 0.29) is 0 Å². The Morgan fingerprint density at radius 2 is 1.75 bits per heavy atom. The molecule has 0 aromatic heterocycles. The van der Waals surface area contributed by atoms with E-state index in [1.165, 1.54) is 43.2 Å². The van der Waals surface area contributed by atoms with Crippen molar-refractivity contribution in [2.24, 2.45) is 0 Å². The quantitative estimate of drug-likeness (QED) is 0.532. The third kappa shape index (κ3) is 4.65. The van der Waals surface area contributed by atoms with Crippen LogP contribution in [-0.2, 0) is 0 Å². The van der Waals surface area contributed by atoms with E-state index in [9.17, 15) is 0 Å². The number of hydrogen-bond donors (Lipinski definition) is 0. The molecule has 0 fully saturated rings. The van der Waals surface area contributed by atoms with Gasteiger partial charge in [0.15, 0.2) is 0 Å². The fourth-order valence-electron chi connectivity index (χ4n) is 1.97. The number of benzene rings is 1. The third-order valence-electron chi connectivity index (χ3n) is 2.97. The molecule has 0 N–H and O–H groups in total. The first kappa shape index (κ1) is 13.0. The van der Waals surface area contributed by atoms with Crippen molar-refractivity contribution in [3.8, 4) is 0 Å². The first-order valence-electron chi connectivity index (χ1n) is 6.63. The molecule has 0 radical (unpaired) electrons. The van der Waals surface area contributed by atoms with Gasteiger partial charge in [0.25, 0.3) is 0 Å². The van der Waals surface area contributed by atoms with Crippen LogP contribution in [0.25, 0.3) is 5.57 Å². The maximum Gasteiger partial charge on any atom is -0.0228 e. The Bertz CT molecular complexity index is 295. The van der Waals surface area contributed by atoms with Gasteiger partial charge in [-0.05, 0) is 30.4 Å². The average Bonchev–Trinajstić information content (AvgIpc) is 2.35. The third-order valence-corrected chi connectivity index (χ3v) is 2.97. The van der Waals surface area contributed by atoms with Crippen LogP contribution < -0.4 is 0 Å². The minimum absolute atomic E-state index is 1.14. The van der Waals surface area contributed by atoms with Crippen molar-refractivity contribution in [3.63, 3.8) is 0 Å². The maximum atomic E-state index is 2.42. The molecule has 1 aromatic rings. The second kappa shape index (κ2) is 8.15. The molecular formula is C16H24. The molecule has 16 heavy (non-hydrogen) atoms. The maximum absolute atomic E-state index is 2.42. The molecular weight excluding hydrogens is 192 g/mol. The van der Waals surface area contributed by atoms with Crippen molar-refractivity contribution in [1.82, 2.24) is 0 Å². The van der Waals surface area contributed by atoms with Crippen LogP contribution in [0.1, 0.15) is 57.9 Å². The highest BCUT2D eigenvalue weighted by atomic mass is 14.0. The van der Waals surface area contributed by atoms with Crippen LogP contribution in [0.4, 0.5) is 0 Å². The molecule has 0 amide bonds. The van der Waals surface area contributed by atoms with Crippen molar-refractivity contribution >= 4 is 5.57 Å². The summed E-state index contributed by atoms with van der Waals surface area (Å²) < 4.78 is 0. The van der Waals surface area contributed by atoms with Gasteiger partial charge in [-0.15, -0.1) is 0 Å². The van der Waals surface area contributed by atoms with E-state index in [0.29, 0.717) is 0 Å². The summed E-state index contributed by atoms with van der Waals surface area (Å²) in [7, 11) is 0. The van der Waals surface area contributed by atoms with E-state index in [0.717, 1.165) is 6.42 Å². The topological polar surface area (TPSA) is 0 Å². The summed E-state index contributed by atoms with van der Waals surface area (Å²) in [5.74, 6) is 0. The Labute approximate surface area is 100 Å². The van der Waals surface area contributed by atoms with Crippen LogP contribution in [0.3, 0.4) is 0 Å². The SMILES string of the molecule is CCCCCCC=C(CC)c1ccccc1. The van der Waals surface area contributed by atoms with Gasteiger partial charge >= 0.3 is 0 Å². The second-order valence-corrected chi connectivity index (χ2v) is 4.30. The molecule has 0 aliphatic heterocycles. The fraction of sp³-hybridized carbons (Fsp3) is 0.500. The molecule has 0 bridgehead atoms. The molecule has 0 heteroatoms. The van der Waals surface area contributed by atoms with E-state index < -0.39 is 0 Å². The van der Waals surface area contributed by atoms with E-state index in [1.54, 1.807) is 0 Å². The molecule has 0 spiro atoms. The van der Waals surface area contributed by atoms with Gasteiger partial charge in [0.05, 0.1) is 0 Å². The Balaban J connectivity index is 2.45. The molecule has 0 aliphatic carbocycles. The largest absolute Gasteiger partial charge is 0.0807 e. The molecule has 1 rings (SSSR count). The van der Waals surface area contributed by atoms with Crippen LogP contribution in [-0.4, -0.2) is 0 Å². The molecule has 0 atom stereocenters. The van der Waals surface area contributed by atoms with Crippen molar-refractivity contribution in [1.29, 1.82) is 0 Å². The molecule has 0 aliphatic rings. The summed E-state index contributed by atoms with van der Waals surface area (Å²) in [6, 6.07) is 10.7. The highest BCUT2D eigenvalue weighted by molar-refractivity contribution is 5.65. The van der Waals surface area contributed by atoms with Gasteiger partial charge in [-0.25, -0.2) is 0 Å². The molecule has 0 saturated heterocycles. The molecule has 1 aromatic carbocycles. The van der Waals surface area contributed by atoms with Gasteiger partial charge in [-0.3, -0.25) is 0 Å². The number of allylic oxidation sites excluding steroid dienone is 2. The molecule has 0 saturated carbocycles. The highest BCUT2D eigenvalue weighted by Crippen LogP contribution is 2.19. The Hall–Kier alpha value is -1.04. The lowest BCUT2D eigenvalue weighted by Crippen LogP contribution is -1.83. The van der Waals surface area contributed by atoms with Crippen molar-refractivity contribution in [2.45, 2.75) is 52.4 Å². The van der Waals surface area contributed by atoms with Gasteiger partial charge in [0, 0.05) is 0 Å². The zero-order valence-electron chi connectivity index (χ0n) is 10.7. The predicted molar refractivity (Wildman–Crippen MR) is 73.5 cm³/mol. The fourth-order valence-corrected chi connectivity index (χ4v) is 1.97. The smallest absolute Gasteiger partial charge is 0.0228 e. The van der Waals surface area contributed by atoms with Crippen LogP contribution in [0.2, 0.25) is 0 Å². The molecule has 0 unspecified atom stereocenters. The summed E-state index contributed by atoms with van der Waals surface area (Å²) in [5.41, 5.74) is 2.89. The van der Waals surface area contributed by atoms with Crippen LogP contribution in [0.5, 0.6) is 0 Å². The Kier molecular flexibility index (Phi) is 6.64. The van der Waals surface area contributed by atoms with Gasteiger partial charge in [-0.1, -0.05) is 69.5 Å². The van der Waals surface area contributed by atoms with E-state index in [1.807, 2.05) is 0 Å². The zero-order valence-corrected chi connectivity index (χ0v) is 10.7. The lowest BCUT2D eigenvalue weighted by atomic mass is 10.0. The zero-order chi connectivity index (χ0) is 11.6. The summed E-state index contributed by atoms with van der Waals surface area (Å²) in [6.07, 6.45) is 10.2. The number of hydrogen-bond acceptors (Lipinski definition) is 0. The second-order valence-electron chi connectivity index (χ2n) is 4.30. The van der Waals surface area contributed by atoms with Crippen LogP contribution >= 0.6 is 0 Å². The minimum atomic E-state index is 1.14. The minimum Gasteiger partial charge on any atom is -0.0807 e. The van der Waals surface area contributed by atoms with Gasteiger partial charge in [0.1, 0.15) is 0 Å². The predicted octanol–water partition coefficient (Wildman–Crippen LogP) is 5.45. The Morgan fingerprint density at radius 1 is 1.00 bits per heavy atom. The molecule has 0 nitrogen and oxygen atoms in total. The van der Waals surface area contributed by atoms with Gasteiger partial charge < -0.3 is 0 Å². The Morgan fingerprint density at radius 3 is 2.38 bits per heavy atom. The van der Waals surface area contributed by atoms with Crippen LogP contribution in [0.15, 0.2) is 36.4 Å². The first-order chi connectivity index (χ1) is 7.88. The lowest BCUT2D eigenvalue weighted by molar-refractivity contribution is 0.674. The normalized spacial score (nSPS) is 11.8. The first-order valence-corrected chi connectivity index (χ1v) is 6.63. The average molecular weight is 216 g/mol. The lowest BCUT2D eigenvalue weighted by Gasteiger charge is -2.04. The molecule has 0 heterocycles. The van der Waals surface area contributed by atoms with Crippen LogP contribution in [0, 0.1) is 0 Å². The standard InChI is InChI=1S/C16H24/c1-3-5-6-7-9-12-15(4-2)16-13-10-8-11-14-16/h8,10-14H,3-7,9H2,1-2H3. The van der Waals surface area contributed by atoms with E-state index >= 15 is 0 Å². The van der Waals surface area contributed by atoms with Crippen molar-refractivity contribution in [3.05, 3.63) is 42.0 Å².